The van der Waals surface area contributed by atoms with Crippen molar-refractivity contribution in [3.8, 4) is 17.2 Å². The van der Waals surface area contributed by atoms with Crippen LogP contribution in [0.3, 0.4) is 0 Å². The third kappa shape index (κ3) is 3.48. The van der Waals surface area contributed by atoms with Gasteiger partial charge in [0, 0.05) is 16.9 Å². The Morgan fingerprint density at radius 2 is 1.73 bits per heavy atom. The van der Waals surface area contributed by atoms with Crippen LogP contribution in [0.5, 0.6) is 17.2 Å². The Kier molecular flexibility index (Phi) is 5.68. The first kappa shape index (κ1) is 18.1. The number of rotatable bonds is 6. The number of methoxy groups -OCH3 is 3. The van der Waals surface area contributed by atoms with Crippen molar-refractivity contribution in [3.05, 3.63) is 53.6 Å². The zero-order chi connectivity index (χ0) is 18.5. The summed E-state index contributed by atoms with van der Waals surface area (Å²) in [5.41, 5.74) is 2.58. The maximum absolute atomic E-state index is 5.72. The molecule has 0 fully saturated rings. The first-order valence-corrected chi connectivity index (χ1v) is 9.04. The molecule has 7 heteroatoms. The summed E-state index contributed by atoms with van der Waals surface area (Å²) >= 11 is 1.70. The monoisotopic (exact) mass is 371 g/mol. The van der Waals surface area contributed by atoms with Crippen LogP contribution in [-0.4, -0.2) is 43.9 Å². The molecule has 0 amide bonds. The Morgan fingerprint density at radius 1 is 1.08 bits per heavy atom. The van der Waals surface area contributed by atoms with E-state index in [1.165, 1.54) is 0 Å². The Morgan fingerprint density at radius 3 is 2.27 bits per heavy atom. The molecule has 0 aliphatic carbocycles. The molecular formula is C19H21N3O3S. The standard InChI is InChI=1S/C19H21N3O3S/c1-23-15-9-13(10-16(24-2)18(15)25-3)17(22-20)14-11-26-19(21-14)12-7-5-4-6-8-12/h4-10,14H,11,20H2,1-3H3/b22-17-. The van der Waals surface area contributed by atoms with Crippen LogP contribution in [0, 0.1) is 0 Å². The van der Waals surface area contributed by atoms with E-state index in [2.05, 4.69) is 5.10 Å². The second-order valence-electron chi connectivity index (χ2n) is 5.56. The summed E-state index contributed by atoms with van der Waals surface area (Å²) in [6.07, 6.45) is 0. The van der Waals surface area contributed by atoms with Crippen LogP contribution in [0.15, 0.2) is 52.6 Å². The van der Waals surface area contributed by atoms with Crippen molar-refractivity contribution >= 4 is 22.5 Å². The first-order valence-electron chi connectivity index (χ1n) is 8.06. The highest BCUT2D eigenvalue weighted by molar-refractivity contribution is 8.14. The summed E-state index contributed by atoms with van der Waals surface area (Å²) in [5.74, 6) is 8.14. The molecule has 1 aliphatic heterocycles. The summed E-state index contributed by atoms with van der Waals surface area (Å²) in [6, 6.07) is 13.6. The molecule has 26 heavy (non-hydrogen) atoms. The number of hydrogen-bond donors (Lipinski definition) is 1. The van der Waals surface area contributed by atoms with Gasteiger partial charge in [0.1, 0.15) is 6.04 Å². The molecule has 0 saturated heterocycles. The van der Waals surface area contributed by atoms with Gasteiger partial charge in [-0.25, -0.2) is 0 Å². The van der Waals surface area contributed by atoms with E-state index >= 15 is 0 Å². The topological polar surface area (TPSA) is 78.4 Å². The lowest BCUT2D eigenvalue weighted by Crippen LogP contribution is -2.22. The highest BCUT2D eigenvalue weighted by Gasteiger charge is 2.27. The lowest BCUT2D eigenvalue weighted by Gasteiger charge is -2.16. The average molecular weight is 371 g/mol. The van der Waals surface area contributed by atoms with E-state index in [1.54, 1.807) is 33.1 Å². The molecule has 0 saturated carbocycles. The zero-order valence-corrected chi connectivity index (χ0v) is 15.7. The third-order valence-electron chi connectivity index (χ3n) is 4.09. The molecule has 2 aromatic rings. The van der Waals surface area contributed by atoms with E-state index in [1.807, 2.05) is 42.5 Å². The van der Waals surface area contributed by atoms with E-state index in [0.717, 1.165) is 21.9 Å². The molecule has 1 atom stereocenters. The van der Waals surface area contributed by atoms with Crippen molar-refractivity contribution < 1.29 is 14.2 Å². The summed E-state index contributed by atoms with van der Waals surface area (Å²) in [4.78, 5) is 4.82. The minimum atomic E-state index is -0.136. The molecule has 1 aliphatic rings. The normalized spacial score (nSPS) is 17.0. The highest BCUT2D eigenvalue weighted by Crippen LogP contribution is 2.39. The van der Waals surface area contributed by atoms with Crippen molar-refractivity contribution in [1.82, 2.24) is 0 Å². The van der Waals surface area contributed by atoms with E-state index in [0.29, 0.717) is 23.0 Å². The van der Waals surface area contributed by atoms with Crippen LogP contribution < -0.4 is 20.1 Å². The Balaban J connectivity index is 1.96. The second kappa shape index (κ2) is 8.14. The van der Waals surface area contributed by atoms with Crippen molar-refractivity contribution in [2.75, 3.05) is 27.1 Å². The number of thioether (sulfide) groups is 1. The molecule has 136 valence electrons. The van der Waals surface area contributed by atoms with Crippen molar-refractivity contribution in [1.29, 1.82) is 0 Å². The number of nitrogens with zero attached hydrogens (tertiary/aromatic N) is 2. The van der Waals surface area contributed by atoms with E-state index in [-0.39, 0.29) is 6.04 Å². The van der Waals surface area contributed by atoms with Gasteiger partial charge in [-0.05, 0) is 12.1 Å². The molecule has 2 aromatic carbocycles. The van der Waals surface area contributed by atoms with Gasteiger partial charge in [-0.3, -0.25) is 4.99 Å². The maximum atomic E-state index is 5.72. The first-order chi connectivity index (χ1) is 12.7. The zero-order valence-electron chi connectivity index (χ0n) is 14.9. The molecule has 0 aromatic heterocycles. The summed E-state index contributed by atoms with van der Waals surface area (Å²) in [5, 5.41) is 5.01. The predicted octanol–water partition coefficient (Wildman–Crippen LogP) is 2.94. The summed E-state index contributed by atoms with van der Waals surface area (Å²) in [7, 11) is 4.73. The Hall–Kier alpha value is -2.67. The van der Waals surface area contributed by atoms with Crippen molar-refractivity contribution in [2.24, 2.45) is 15.9 Å². The van der Waals surface area contributed by atoms with Gasteiger partial charge in [0.15, 0.2) is 11.5 Å². The van der Waals surface area contributed by atoms with Crippen LogP contribution in [0.4, 0.5) is 0 Å². The fraction of sp³-hybridized carbons (Fsp3) is 0.263. The highest BCUT2D eigenvalue weighted by atomic mass is 32.2. The third-order valence-corrected chi connectivity index (χ3v) is 5.18. The van der Waals surface area contributed by atoms with Crippen LogP contribution in [0.2, 0.25) is 0 Å². The second-order valence-corrected chi connectivity index (χ2v) is 6.56. The number of aliphatic imine (C=N–C) groups is 1. The van der Waals surface area contributed by atoms with Gasteiger partial charge in [-0.2, -0.15) is 5.10 Å². The van der Waals surface area contributed by atoms with Crippen LogP contribution in [-0.2, 0) is 0 Å². The number of nitrogens with two attached hydrogens (primary N) is 1. The number of benzene rings is 2. The number of hydrogen-bond acceptors (Lipinski definition) is 7. The molecule has 3 rings (SSSR count). The quantitative estimate of drug-likeness (QED) is 0.480. The van der Waals surface area contributed by atoms with Gasteiger partial charge in [-0.1, -0.05) is 30.3 Å². The number of ether oxygens (including phenoxy) is 3. The Bertz CT molecular complexity index is 812. The van der Waals surface area contributed by atoms with Crippen LogP contribution >= 0.6 is 11.8 Å². The van der Waals surface area contributed by atoms with Crippen molar-refractivity contribution in [3.63, 3.8) is 0 Å². The minimum absolute atomic E-state index is 0.136. The van der Waals surface area contributed by atoms with E-state index in [4.69, 9.17) is 25.0 Å². The number of hydrazone groups is 1. The van der Waals surface area contributed by atoms with E-state index < -0.39 is 0 Å². The van der Waals surface area contributed by atoms with Gasteiger partial charge in [0.05, 0.1) is 32.1 Å². The van der Waals surface area contributed by atoms with Gasteiger partial charge in [-0.15, -0.1) is 11.8 Å². The smallest absolute Gasteiger partial charge is 0.203 e. The fourth-order valence-electron chi connectivity index (χ4n) is 2.83. The molecule has 6 nitrogen and oxygen atoms in total. The molecule has 0 radical (unpaired) electrons. The average Bonchev–Trinajstić information content (AvgIpc) is 3.18. The summed E-state index contributed by atoms with van der Waals surface area (Å²) in [6.45, 7) is 0. The van der Waals surface area contributed by atoms with Gasteiger partial charge in [0.25, 0.3) is 0 Å². The predicted molar refractivity (Wildman–Crippen MR) is 106 cm³/mol. The molecule has 1 unspecified atom stereocenters. The van der Waals surface area contributed by atoms with Gasteiger partial charge < -0.3 is 20.1 Å². The maximum Gasteiger partial charge on any atom is 0.203 e. The van der Waals surface area contributed by atoms with Gasteiger partial charge >= 0.3 is 0 Å². The van der Waals surface area contributed by atoms with E-state index in [9.17, 15) is 0 Å². The lowest BCUT2D eigenvalue weighted by molar-refractivity contribution is 0.324. The molecule has 1 heterocycles. The molecular weight excluding hydrogens is 350 g/mol. The molecule has 2 N–H and O–H groups in total. The summed E-state index contributed by atoms with van der Waals surface area (Å²) < 4.78 is 16.2. The van der Waals surface area contributed by atoms with Crippen LogP contribution in [0.25, 0.3) is 0 Å². The minimum Gasteiger partial charge on any atom is -0.493 e. The van der Waals surface area contributed by atoms with Gasteiger partial charge in [0.2, 0.25) is 5.75 Å². The van der Waals surface area contributed by atoms with Crippen molar-refractivity contribution in [2.45, 2.75) is 6.04 Å². The Labute approximate surface area is 157 Å². The SMILES string of the molecule is COc1cc(/C(=N/N)C2CSC(c3ccccc3)=N2)cc(OC)c1OC. The lowest BCUT2D eigenvalue weighted by atomic mass is 10.0. The van der Waals surface area contributed by atoms with Crippen LogP contribution in [0.1, 0.15) is 11.1 Å². The molecule has 0 spiro atoms. The largest absolute Gasteiger partial charge is 0.493 e. The molecule has 0 bridgehead atoms. The fourth-order valence-corrected chi connectivity index (χ4v) is 3.89.